The number of rotatable bonds is 5. The first kappa shape index (κ1) is 16.9. The van der Waals surface area contributed by atoms with Crippen molar-refractivity contribution in [1.29, 1.82) is 0 Å². The molecule has 4 heteroatoms. The van der Waals surface area contributed by atoms with Crippen molar-refractivity contribution in [2.75, 3.05) is 7.11 Å². The second kappa shape index (κ2) is 7.38. The maximum atomic E-state index is 12.5. The maximum Gasteiger partial charge on any atom is 0.231 e. The van der Waals surface area contributed by atoms with Gasteiger partial charge in [-0.2, -0.15) is 0 Å². The predicted octanol–water partition coefficient (Wildman–Crippen LogP) is 4.89. The molecule has 0 unspecified atom stereocenters. The number of fused-ring (bicyclic) bond motifs is 1. The maximum absolute atomic E-state index is 12.5. The molecule has 27 heavy (non-hydrogen) atoms. The fraction of sp³-hybridized carbons (Fsp3) is 0.0870. The third-order valence-electron chi connectivity index (χ3n) is 4.28. The molecule has 1 aliphatic rings. The number of ketones is 1. The van der Waals surface area contributed by atoms with E-state index in [9.17, 15) is 4.79 Å². The first-order valence-corrected chi connectivity index (χ1v) is 8.62. The summed E-state index contributed by atoms with van der Waals surface area (Å²) in [6, 6.07) is 22.6. The second-order valence-electron chi connectivity index (χ2n) is 6.15. The van der Waals surface area contributed by atoms with Gasteiger partial charge in [0, 0.05) is 6.07 Å². The van der Waals surface area contributed by atoms with E-state index in [1.165, 1.54) is 0 Å². The number of methoxy groups -OCH3 is 1. The number of benzene rings is 3. The zero-order chi connectivity index (χ0) is 18.6. The fourth-order valence-electron chi connectivity index (χ4n) is 2.89. The van der Waals surface area contributed by atoms with Crippen LogP contribution in [0.15, 0.2) is 78.6 Å². The monoisotopic (exact) mass is 358 g/mol. The molecule has 0 amide bonds. The molecular weight excluding hydrogens is 340 g/mol. The number of hydrogen-bond acceptors (Lipinski definition) is 4. The number of hydrogen-bond donors (Lipinski definition) is 0. The Labute approximate surface area is 157 Å². The molecule has 0 aromatic heterocycles. The van der Waals surface area contributed by atoms with Crippen molar-refractivity contribution < 1.29 is 19.0 Å². The van der Waals surface area contributed by atoms with E-state index in [1.807, 2.05) is 54.6 Å². The first-order valence-electron chi connectivity index (χ1n) is 8.62. The van der Waals surface area contributed by atoms with E-state index in [1.54, 1.807) is 31.4 Å². The molecule has 3 aromatic rings. The molecule has 0 fully saturated rings. The molecule has 0 atom stereocenters. The zero-order valence-electron chi connectivity index (χ0n) is 14.8. The zero-order valence-corrected chi connectivity index (χ0v) is 14.8. The molecule has 3 aromatic carbocycles. The third kappa shape index (κ3) is 3.70. The van der Waals surface area contributed by atoms with Gasteiger partial charge in [0.05, 0.1) is 12.7 Å². The molecule has 1 aliphatic heterocycles. The topological polar surface area (TPSA) is 44.8 Å². The number of Topliss-reactive ketones (excluding diaryl/α,β-unsaturated/α-hetero) is 1. The van der Waals surface area contributed by atoms with Crippen LogP contribution in [-0.2, 0) is 6.61 Å². The lowest BCUT2D eigenvalue weighted by molar-refractivity contribution is 0.101. The summed E-state index contributed by atoms with van der Waals surface area (Å²) < 4.78 is 16.8. The molecule has 0 aliphatic carbocycles. The van der Waals surface area contributed by atoms with E-state index in [4.69, 9.17) is 14.2 Å². The Morgan fingerprint density at radius 3 is 2.59 bits per heavy atom. The van der Waals surface area contributed by atoms with E-state index in [0.29, 0.717) is 29.4 Å². The summed E-state index contributed by atoms with van der Waals surface area (Å²) in [6.07, 6.45) is 1.75. The number of allylic oxidation sites excluding steroid dienone is 1. The molecule has 1 heterocycles. The van der Waals surface area contributed by atoms with Crippen molar-refractivity contribution in [3.05, 3.63) is 95.2 Å². The third-order valence-corrected chi connectivity index (χ3v) is 4.28. The Morgan fingerprint density at radius 1 is 0.926 bits per heavy atom. The van der Waals surface area contributed by atoms with Crippen LogP contribution in [0, 0.1) is 0 Å². The van der Waals surface area contributed by atoms with Crippen LogP contribution in [0.1, 0.15) is 21.5 Å². The standard InChI is InChI=1S/C23H18O4/c1-25-18-9-5-8-17(12-18)15-26-19-10-11-20-21(14-19)27-22(23(20)24)13-16-6-3-2-4-7-16/h2-14H,15H2,1H3. The Morgan fingerprint density at radius 2 is 1.78 bits per heavy atom. The highest BCUT2D eigenvalue weighted by Gasteiger charge is 2.27. The van der Waals surface area contributed by atoms with Gasteiger partial charge in [0.1, 0.15) is 23.9 Å². The van der Waals surface area contributed by atoms with Crippen LogP contribution in [0.4, 0.5) is 0 Å². The van der Waals surface area contributed by atoms with Gasteiger partial charge in [-0.15, -0.1) is 0 Å². The van der Waals surface area contributed by atoms with E-state index < -0.39 is 0 Å². The largest absolute Gasteiger partial charge is 0.497 e. The summed E-state index contributed by atoms with van der Waals surface area (Å²) in [5, 5.41) is 0. The summed E-state index contributed by atoms with van der Waals surface area (Å²) >= 11 is 0. The van der Waals surface area contributed by atoms with Gasteiger partial charge in [0.2, 0.25) is 5.78 Å². The minimum Gasteiger partial charge on any atom is -0.497 e. The first-order chi connectivity index (χ1) is 13.2. The average molecular weight is 358 g/mol. The van der Waals surface area contributed by atoms with Gasteiger partial charge < -0.3 is 14.2 Å². The van der Waals surface area contributed by atoms with Gasteiger partial charge in [-0.05, 0) is 41.5 Å². The van der Waals surface area contributed by atoms with Crippen LogP contribution < -0.4 is 14.2 Å². The fourth-order valence-corrected chi connectivity index (χ4v) is 2.89. The van der Waals surface area contributed by atoms with Gasteiger partial charge in [-0.25, -0.2) is 0 Å². The molecule has 0 N–H and O–H groups in total. The van der Waals surface area contributed by atoms with E-state index in [-0.39, 0.29) is 5.78 Å². The van der Waals surface area contributed by atoms with Gasteiger partial charge in [0.15, 0.2) is 5.76 Å². The molecule has 4 rings (SSSR count). The summed E-state index contributed by atoms with van der Waals surface area (Å²) in [7, 11) is 1.63. The summed E-state index contributed by atoms with van der Waals surface area (Å²) in [5.74, 6) is 2.15. The van der Waals surface area contributed by atoms with Crippen molar-refractivity contribution >= 4 is 11.9 Å². The van der Waals surface area contributed by atoms with E-state index in [0.717, 1.165) is 16.9 Å². The molecule has 134 valence electrons. The number of ether oxygens (including phenoxy) is 3. The van der Waals surface area contributed by atoms with Gasteiger partial charge in [-0.3, -0.25) is 4.79 Å². The van der Waals surface area contributed by atoms with Crippen molar-refractivity contribution in [2.24, 2.45) is 0 Å². The molecular formula is C23H18O4. The van der Waals surface area contributed by atoms with Gasteiger partial charge in [-0.1, -0.05) is 42.5 Å². The van der Waals surface area contributed by atoms with Crippen LogP contribution in [0.3, 0.4) is 0 Å². The minimum atomic E-state index is -0.117. The van der Waals surface area contributed by atoms with E-state index in [2.05, 4.69) is 0 Å². The van der Waals surface area contributed by atoms with Crippen molar-refractivity contribution in [3.8, 4) is 17.2 Å². The average Bonchev–Trinajstić information content (AvgIpc) is 3.02. The lowest BCUT2D eigenvalue weighted by atomic mass is 10.1. The second-order valence-corrected chi connectivity index (χ2v) is 6.15. The Kier molecular flexibility index (Phi) is 4.62. The van der Waals surface area contributed by atoms with E-state index >= 15 is 0 Å². The number of carbonyl (C=O) groups is 1. The van der Waals surface area contributed by atoms with Crippen molar-refractivity contribution in [2.45, 2.75) is 6.61 Å². The SMILES string of the molecule is COc1cccc(COc2ccc3c(c2)OC(=Cc2ccccc2)C3=O)c1. The lowest BCUT2D eigenvalue weighted by Crippen LogP contribution is -1.98. The molecule has 0 saturated carbocycles. The van der Waals surface area contributed by atoms with Gasteiger partial charge in [0.25, 0.3) is 0 Å². The predicted molar refractivity (Wildman–Crippen MR) is 103 cm³/mol. The van der Waals surface area contributed by atoms with Gasteiger partial charge >= 0.3 is 0 Å². The van der Waals surface area contributed by atoms with Crippen molar-refractivity contribution in [1.82, 2.24) is 0 Å². The Hall–Kier alpha value is -3.53. The Balaban J connectivity index is 1.50. The van der Waals surface area contributed by atoms with Crippen molar-refractivity contribution in [3.63, 3.8) is 0 Å². The normalized spacial score (nSPS) is 14.0. The van der Waals surface area contributed by atoms with Crippen LogP contribution in [-0.4, -0.2) is 12.9 Å². The summed E-state index contributed by atoms with van der Waals surface area (Å²) in [5.41, 5.74) is 2.46. The molecule has 0 bridgehead atoms. The highest BCUT2D eigenvalue weighted by molar-refractivity contribution is 6.14. The number of carbonyl (C=O) groups excluding carboxylic acids is 1. The quantitative estimate of drug-likeness (QED) is 0.609. The highest BCUT2D eigenvalue weighted by atomic mass is 16.5. The smallest absolute Gasteiger partial charge is 0.231 e. The summed E-state index contributed by atoms with van der Waals surface area (Å²) in [6.45, 7) is 0.399. The van der Waals surface area contributed by atoms with Crippen LogP contribution in [0.2, 0.25) is 0 Å². The van der Waals surface area contributed by atoms with Crippen LogP contribution in [0.5, 0.6) is 17.2 Å². The summed E-state index contributed by atoms with van der Waals surface area (Å²) in [4.78, 5) is 12.5. The van der Waals surface area contributed by atoms with Crippen LogP contribution >= 0.6 is 0 Å². The van der Waals surface area contributed by atoms with Crippen LogP contribution in [0.25, 0.3) is 6.08 Å². The highest BCUT2D eigenvalue weighted by Crippen LogP contribution is 2.35. The minimum absolute atomic E-state index is 0.117. The lowest BCUT2D eigenvalue weighted by Gasteiger charge is -2.08. The molecule has 0 spiro atoms. The molecule has 0 radical (unpaired) electrons. The molecule has 4 nitrogen and oxygen atoms in total. The Bertz CT molecular complexity index is 1010. The molecule has 0 saturated heterocycles.